The van der Waals surface area contributed by atoms with Crippen molar-refractivity contribution < 1.29 is 9.53 Å². The van der Waals surface area contributed by atoms with E-state index in [4.69, 9.17) is 16.3 Å². The van der Waals surface area contributed by atoms with Crippen LogP contribution >= 0.6 is 11.6 Å². The molecule has 0 rings (SSSR count). The third-order valence-corrected chi connectivity index (χ3v) is 2.99. The summed E-state index contributed by atoms with van der Waals surface area (Å²) in [6, 6.07) is 0. The molecule has 2 nitrogen and oxygen atoms in total. The van der Waals surface area contributed by atoms with Gasteiger partial charge in [0.25, 0.3) is 0 Å². The molecule has 0 fully saturated rings. The fourth-order valence-electron chi connectivity index (χ4n) is 1.50. The van der Waals surface area contributed by atoms with Crippen LogP contribution in [0.3, 0.4) is 0 Å². The second-order valence-corrected chi connectivity index (χ2v) is 5.16. The van der Waals surface area contributed by atoms with Gasteiger partial charge >= 0.3 is 5.97 Å². The van der Waals surface area contributed by atoms with Gasteiger partial charge in [-0.15, -0.1) is 11.6 Å². The lowest BCUT2D eigenvalue weighted by molar-refractivity contribution is -0.145. The highest BCUT2D eigenvalue weighted by Crippen LogP contribution is 2.13. The van der Waals surface area contributed by atoms with E-state index in [2.05, 4.69) is 13.8 Å². The average molecular weight is 249 g/mol. The number of halogens is 1. The quantitative estimate of drug-likeness (QED) is 0.453. The standard InChI is InChI=1S/C13H25ClO2/c1-4-6-7-12(5-2)10-16-13(15)9-8-11(3)14/h11-12H,4-10H2,1-3H3. The number of carbonyl (C=O) groups excluding carboxylic acids is 1. The van der Waals surface area contributed by atoms with Crippen LogP contribution in [0.5, 0.6) is 0 Å². The van der Waals surface area contributed by atoms with E-state index in [1.54, 1.807) is 0 Å². The van der Waals surface area contributed by atoms with Gasteiger partial charge in [-0.25, -0.2) is 0 Å². The molecule has 0 spiro atoms. The Hall–Kier alpha value is -0.240. The number of hydrogen-bond acceptors (Lipinski definition) is 2. The number of rotatable bonds is 9. The van der Waals surface area contributed by atoms with Crippen molar-refractivity contribution >= 4 is 17.6 Å². The monoisotopic (exact) mass is 248 g/mol. The molecule has 0 radical (unpaired) electrons. The third-order valence-electron chi connectivity index (χ3n) is 2.77. The van der Waals surface area contributed by atoms with Crippen molar-refractivity contribution in [2.75, 3.05) is 6.61 Å². The summed E-state index contributed by atoms with van der Waals surface area (Å²) in [6.07, 6.45) is 5.80. The van der Waals surface area contributed by atoms with Gasteiger partial charge in [0.05, 0.1) is 6.61 Å². The molecule has 0 N–H and O–H groups in total. The van der Waals surface area contributed by atoms with Crippen molar-refractivity contribution in [1.29, 1.82) is 0 Å². The zero-order valence-electron chi connectivity index (χ0n) is 10.8. The van der Waals surface area contributed by atoms with Gasteiger partial charge in [-0.1, -0.05) is 33.1 Å². The van der Waals surface area contributed by atoms with Crippen molar-refractivity contribution in [3.63, 3.8) is 0 Å². The second-order valence-electron chi connectivity index (χ2n) is 4.42. The van der Waals surface area contributed by atoms with E-state index >= 15 is 0 Å². The highest BCUT2D eigenvalue weighted by molar-refractivity contribution is 6.20. The van der Waals surface area contributed by atoms with E-state index in [-0.39, 0.29) is 11.3 Å². The first-order valence-corrected chi connectivity index (χ1v) is 6.83. The molecule has 0 aromatic heterocycles. The molecule has 0 aliphatic heterocycles. The van der Waals surface area contributed by atoms with Crippen LogP contribution in [-0.4, -0.2) is 18.0 Å². The van der Waals surface area contributed by atoms with Crippen LogP contribution in [0, 0.1) is 5.92 Å². The number of ether oxygens (including phenoxy) is 1. The van der Waals surface area contributed by atoms with E-state index < -0.39 is 0 Å². The van der Waals surface area contributed by atoms with Crippen LogP contribution in [0.4, 0.5) is 0 Å². The zero-order valence-corrected chi connectivity index (χ0v) is 11.6. The number of hydrogen-bond donors (Lipinski definition) is 0. The lowest BCUT2D eigenvalue weighted by Crippen LogP contribution is -2.14. The number of alkyl halides is 1. The van der Waals surface area contributed by atoms with Crippen LogP contribution in [0.1, 0.15) is 59.3 Å². The lowest BCUT2D eigenvalue weighted by Gasteiger charge is -2.14. The van der Waals surface area contributed by atoms with Crippen molar-refractivity contribution in [2.24, 2.45) is 5.92 Å². The van der Waals surface area contributed by atoms with Crippen LogP contribution in [-0.2, 0) is 9.53 Å². The lowest BCUT2D eigenvalue weighted by atomic mass is 10.0. The first-order chi connectivity index (χ1) is 7.60. The Balaban J connectivity index is 3.62. The van der Waals surface area contributed by atoms with Gasteiger partial charge in [0.1, 0.15) is 0 Å². The number of esters is 1. The van der Waals surface area contributed by atoms with E-state index in [0.29, 0.717) is 25.4 Å². The van der Waals surface area contributed by atoms with E-state index in [0.717, 1.165) is 12.8 Å². The van der Waals surface area contributed by atoms with Crippen molar-refractivity contribution in [2.45, 2.75) is 64.7 Å². The van der Waals surface area contributed by atoms with Gasteiger partial charge < -0.3 is 4.74 Å². The van der Waals surface area contributed by atoms with Crippen LogP contribution in [0.25, 0.3) is 0 Å². The fourth-order valence-corrected chi connectivity index (χ4v) is 1.61. The SMILES string of the molecule is CCCCC(CC)COC(=O)CCC(C)Cl. The molecule has 3 heteroatoms. The first kappa shape index (κ1) is 15.8. The van der Waals surface area contributed by atoms with E-state index in [1.165, 1.54) is 12.8 Å². The second kappa shape index (κ2) is 9.95. The molecule has 0 heterocycles. The molecule has 0 aliphatic rings. The van der Waals surface area contributed by atoms with Crippen LogP contribution < -0.4 is 0 Å². The summed E-state index contributed by atoms with van der Waals surface area (Å²) < 4.78 is 5.24. The highest BCUT2D eigenvalue weighted by atomic mass is 35.5. The molecular weight excluding hydrogens is 224 g/mol. The average Bonchev–Trinajstić information content (AvgIpc) is 2.26. The third kappa shape index (κ3) is 9.02. The van der Waals surface area contributed by atoms with Gasteiger partial charge in [0, 0.05) is 11.8 Å². The van der Waals surface area contributed by atoms with E-state index in [1.807, 2.05) is 6.92 Å². The summed E-state index contributed by atoms with van der Waals surface area (Å²) >= 11 is 5.77. The Bertz CT molecular complexity index is 181. The summed E-state index contributed by atoms with van der Waals surface area (Å²) in [7, 11) is 0. The number of carbonyl (C=O) groups is 1. The largest absolute Gasteiger partial charge is 0.465 e. The van der Waals surface area contributed by atoms with Crippen molar-refractivity contribution in [1.82, 2.24) is 0 Å². The topological polar surface area (TPSA) is 26.3 Å². The molecular formula is C13H25ClO2. The fraction of sp³-hybridized carbons (Fsp3) is 0.923. The Kier molecular flexibility index (Phi) is 9.80. The Morgan fingerprint density at radius 1 is 1.31 bits per heavy atom. The Morgan fingerprint density at radius 3 is 2.50 bits per heavy atom. The molecule has 0 bridgehead atoms. The van der Waals surface area contributed by atoms with Gasteiger partial charge in [-0.3, -0.25) is 4.79 Å². The van der Waals surface area contributed by atoms with Crippen LogP contribution in [0.15, 0.2) is 0 Å². The molecule has 0 aromatic carbocycles. The summed E-state index contributed by atoms with van der Waals surface area (Å²) in [5.41, 5.74) is 0. The maximum atomic E-state index is 11.4. The van der Waals surface area contributed by atoms with Gasteiger partial charge in [-0.2, -0.15) is 0 Å². The smallest absolute Gasteiger partial charge is 0.305 e. The minimum Gasteiger partial charge on any atom is -0.465 e. The minimum absolute atomic E-state index is 0.0506. The summed E-state index contributed by atoms with van der Waals surface area (Å²) in [5, 5.41) is 0.0506. The Morgan fingerprint density at radius 2 is 2.00 bits per heavy atom. The minimum atomic E-state index is -0.109. The van der Waals surface area contributed by atoms with Crippen LogP contribution in [0.2, 0.25) is 0 Å². The van der Waals surface area contributed by atoms with Gasteiger partial charge in [-0.05, 0) is 25.7 Å². The first-order valence-electron chi connectivity index (χ1n) is 6.39. The summed E-state index contributed by atoms with van der Waals surface area (Å²) in [5.74, 6) is 0.416. The summed E-state index contributed by atoms with van der Waals surface area (Å²) in [4.78, 5) is 11.4. The molecule has 0 saturated carbocycles. The number of unbranched alkanes of at least 4 members (excludes halogenated alkanes) is 1. The van der Waals surface area contributed by atoms with Crippen molar-refractivity contribution in [3.8, 4) is 0 Å². The molecule has 2 unspecified atom stereocenters. The molecule has 16 heavy (non-hydrogen) atoms. The maximum absolute atomic E-state index is 11.4. The van der Waals surface area contributed by atoms with E-state index in [9.17, 15) is 4.79 Å². The molecule has 0 amide bonds. The highest BCUT2D eigenvalue weighted by Gasteiger charge is 2.10. The normalized spacial score (nSPS) is 14.5. The molecule has 0 aromatic rings. The predicted octanol–water partition coefficient (Wildman–Crippen LogP) is 4.15. The van der Waals surface area contributed by atoms with Gasteiger partial charge in [0.15, 0.2) is 0 Å². The molecule has 0 aliphatic carbocycles. The molecule has 0 saturated heterocycles. The molecule has 2 atom stereocenters. The summed E-state index contributed by atoms with van der Waals surface area (Å²) in [6.45, 7) is 6.80. The zero-order chi connectivity index (χ0) is 12.4. The Labute approximate surface area is 105 Å². The van der Waals surface area contributed by atoms with Gasteiger partial charge in [0.2, 0.25) is 0 Å². The predicted molar refractivity (Wildman–Crippen MR) is 68.8 cm³/mol. The van der Waals surface area contributed by atoms with Crippen molar-refractivity contribution in [3.05, 3.63) is 0 Å². The maximum Gasteiger partial charge on any atom is 0.305 e. The molecule has 96 valence electrons.